The van der Waals surface area contributed by atoms with Crippen LogP contribution in [0.5, 0.6) is 5.75 Å². The average Bonchev–Trinajstić information content (AvgIpc) is 2.45. The number of nitrogens with zero attached hydrogens (tertiary/aromatic N) is 2. The molecule has 0 aliphatic heterocycles. The predicted molar refractivity (Wildman–Crippen MR) is 78.4 cm³/mol. The number of anilines is 1. The summed E-state index contributed by atoms with van der Waals surface area (Å²) in [4.78, 5) is 17.2. The maximum Gasteiger partial charge on any atom is 0.308 e. The SMILES string of the molecule is COc1cccc2c(N(C)CC(C)C(=O)O)ccnc12. The lowest BCUT2D eigenvalue weighted by Crippen LogP contribution is -2.28. The minimum absolute atomic E-state index is 0.436. The monoisotopic (exact) mass is 274 g/mol. The lowest BCUT2D eigenvalue weighted by molar-refractivity contribution is -0.140. The highest BCUT2D eigenvalue weighted by atomic mass is 16.5. The van der Waals surface area contributed by atoms with Crippen LogP contribution in [0.25, 0.3) is 10.9 Å². The number of hydrogen-bond donors (Lipinski definition) is 1. The average molecular weight is 274 g/mol. The molecule has 2 rings (SSSR count). The second-order valence-electron chi connectivity index (χ2n) is 4.81. The second kappa shape index (κ2) is 5.77. The number of para-hydroxylation sites is 1. The van der Waals surface area contributed by atoms with Crippen molar-refractivity contribution in [2.45, 2.75) is 6.92 Å². The van der Waals surface area contributed by atoms with Gasteiger partial charge in [0.2, 0.25) is 0 Å². The summed E-state index contributed by atoms with van der Waals surface area (Å²) in [5.41, 5.74) is 1.73. The number of aliphatic carboxylic acids is 1. The molecule has 0 bridgehead atoms. The molecule has 5 nitrogen and oxygen atoms in total. The first-order valence-corrected chi connectivity index (χ1v) is 6.40. The Hall–Kier alpha value is -2.30. The number of fused-ring (bicyclic) bond motifs is 1. The van der Waals surface area contributed by atoms with Crippen molar-refractivity contribution in [3.8, 4) is 5.75 Å². The van der Waals surface area contributed by atoms with E-state index in [1.54, 1.807) is 20.2 Å². The van der Waals surface area contributed by atoms with Gasteiger partial charge in [-0.3, -0.25) is 9.78 Å². The fraction of sp³-hybridized carbons (Fsp3) is 0.333. The van der Waals surface area contributed by atoms with Crippen molar-refractivity contribution in [2.75, 3.05) is 25.6 Å². The number of rotatable bonds is 5. The molecule has 0 aliphatic rings. The zero-order chi connectivity index (χ0) is 14.7. The summed E-state index contributed by atoms with van der Waals surface area (Å²) in [5, 5.41) is 9.97. The molecule has 20 heavy (non-hydrogen) atoms. The number of ether oxygens (including phenoxy) is 1. The summed E-state index contributed by atoms with van der Waals surface area (Å²) in [6, 6.07) is 7.61. The van der Waals surface area contributed by atoms with Crippen LogP contribution < -0.4 is 9.64 Å². The molecule has 1 unspecified atom stereocenters. The van der Waals surface area contributed by atoms with Crippen LogP contribution in [0.1, 0.15) is 6.92 Å². The summed E-state index contributed by atoms with van der Waals surface area (Å²) in [6.07, 6.45) is 1.71. The molecule has 0 saturated carbocycles. The molecule has 0 amide bonds. The van der Waals surface area contributed by atoms with Crippen molar-refractivity contribution in [3.05, 3.63) is 30.5 Å². The van der Waals surface area contributed by atoms with Crippen LogP contribution >= 0.6 is 0 Å². The molecular formula is C15H18N2O3. The first-order chi connectivity index (χ1) is 9.54. The van der Waals surface area contributed by atoms with Gasteiger partial charge in [0, 0.05) is 30.9 Å². The topological polar surface area (TPSA) is 62.7 Å². The summed E-state index contributed by atoms with van der Waals surface area (Å²) < 4.78 is 5.31. The Balaban J connectivity index is 2.42. The van der Waals surface area contributed by atoms with E-state index in [4.69, 9.17) is 9.84 Å². The van der Waals surface area contributed by atoms with E-state index < -0.39 is 11.9 Å². The standard InChI is InChI=1S/C15H18N2O3/c1-10(15(18)19)9-17(2)12-7-8-16-14-11(12)5-4-6-13(14)20-3/h4-8,10H,9H2,1-3H3,(H,18,19). The third-order valence-electron chi connectivity index (χ3n) is 3.31. The Kier molecular flexibility index (Phi) is 4.08. The molecule has 1 heterocycles. The van der Waals surface area contributed by atoms with Gasteiger partial charge in [0.05, 0.1) is 13.0 Å². The highest BCUT2D eigenvalue weighted by molar-refractivity contribution is 5.95. The summed E-state index contributed by atoms with van der Waals surface area (Å²) >= 11 is 0. The number of hydrogen-bond acceptors (Lipinski definition) is 4. The van der Waals surface area contributed by atoms with Gasteiger partial charge >= 0.3 is 5.97 Å². The quantitative estimate of drug-likeness (QED) is 0.907. The molecule has 0 aliphatic carbocycles. The van der Waals surface area contributed by atoms with Gasteiger partial charge < -0.3 is 14.7 Å². The van der Waals surface area contributed by atoms with Crippen LogP contribution in [0.3, 0.4) is 0 Å². The Morgan fingerprint density at radius 2 is 2.20 bits per heavy atom. The lowest BCUT2D eigenvalue weighted by atomic mass is 10.1. The molecule has 0 fully saturated rings. The summed E-state index contributed by atoms with van der Waals surface area (Å²) in [5.74, 6) is -0.523. The van der Waals surface area contributed by atoms with Gasteiger partial charge in [0.25, 0.3) is 0 Å². The number of benzene rings is 1. The smallest absolute Gasteiger partial charge is 0.308 e. The van der Waals surface area contributed by atoms with Crippen molar-refractivity contribution in [2.24, 2.45) is 5.92 Å². The molecule has 2 aromatic rings. The first kappa shape index (κ1) is 14.1. The number of pyridine rings is 1. The lowest BCUT2D eigenvalue weighted by Gasteiger charge is -2.23. The van der Waals surface area contributed by atoms with Crippen molar-refractivity contribution in [1.29, 1.82) is 0 Å². The molecule has 1 aromatic carbocycles. The molecule has 0 spiro atoms. The van der Waals surface area contributed by atoms with Crippen LogP contribution in [-0.4, -0.2) is 36.8 Å². The molecule has 0 radical (unpaired) electrons. The Morgan fingerprint density at radius 1 is 1.45 bits per heavy atom. The minimum Gasteiger partial charge on any atom is -0.494 e. The van der Waals surface area contributed by atoms with Crippen LogP contribution in [0, 0.1) is 5.92 Å². The zero-order valence-corrected chi connectivity index (χ0v) is 11.8. The van der Waals surface area contributed by atoms with Crippen molar-refractivity contribution in [3.63, 3.8) is 0 Å². The largest absolute Gasteiger partial charge is 0.494 e. The Morgan fingerprint density at radius 3 is 2.85 bits per heavy atom. The van der Waals surface area contributed by atoms with E-state index in [2.05, 4.69) is 4.98 Å². The predicted octanol–water partition coefficient (Wildman–Crippen LogP) is 2.40. The Bertz CT molecular complexity index is 628. The molecule has 1 atom stereocenters. The van der Waals surface area contributed by atoms with Gasteiger partial charge in [-0.1, -0.05) is 19.1 Å². The van der Waals surface area contributed by atoms with Gasteiger partial charge in [-0.05, 0) is 12.1 Å². The van der Waals surface area contributed by atoms with E-state index in [1.165, 1.54) is 0 Å². The molecule has 1 aromatic heterocycles. The molecular weight excluding hydrogens is 256 g/mol. The van der Waals surface area contributed by atoms with E-state index in [1.807, 2.05) is 36.2 Å². The molecule has 0 saturated heterocycles. The van der Waals surface area contributed by atoms with E-state index in [-0.39, 0.29) is 0 Å². The van der Waals surface area contributed by atoms with Crippen LogP contribution in [0.15, 0.2) is 30.5 Å². The van der Waals surface area contributed by atoms with Crippen LogP contribution in [0.4, 0.5) is 5.69 Å². The maximum atomic E-state index is 11.0. The number of aromatic nitrogens is 1. The summed E-state index contributed by atoms with van der Waals surface area (Å²) in [6.45, 7) is 2.13. The van der Waals surface area contributed by atoms with Crippen LogP contribution in [0.2, 0.25) is 0 Å². The van der Waals surface area contributed by atoms with E-state index in [0.717, 1.165) is 16.6 Å². The third-order valence-corrected chi connectivity index (χ3v) is 3.31. The van der Waals surface area contributed by atoms with Gasteiger partial charge in [-0.15, -0.1) is 0 Å². The number of carboxylic acids is 1. The van der Waals surface area contributed by atoms with Gasteiger partial charge in [0.15, 0.2) is 0 Å². The van der Waals surface area contributed by atoms with E-state index in [9.17, 15) is 4.79 Å². The number of carboxylic acid groups (broad SMARTS) is 1. The zero-order valence-electron chi connectivity index (χ0n) is 11.8. The Labute approximate surface area is 117 Å². The fourth-order valence-electron chi connectivity index (χ4n) is 2.22. The second-order valence-corrected chi connectivity index (χ2v) is 4.81. The van der Waals surface area contributed by atoms with Crippen molar-refractivity contribution < 1.29 is 14.6 Å². The van der Waals surface area contributed by atoms with E-state index in [0.29, 0.717) is 12.3 Å². The molecule has 5 heteroatoms. The van der Waals surface area contributed by atoms with Crippen molar-refractivity contribution >= 4 is 22.6 Å². The summed E-state index contributed by atoms with van der Waals surface area (Å²) in [7, 11) is 3.49. The normalized spacial score (nSPS) is 12.2. The fourth-order valence-corrected chi connectivity index (χ4v) is 2.22. The van der Waals surface area contributed by atoms with E-state index >= 15 is 0 Å². The van der Waals surface area contributed by atoms with Gasteiger partial charge in [-0.25, -0.2) is 0 Å². The van der Waals surface area contributed by atoms with Gasteiger partial charge in [-0.2, -0.15) is 0 Å². The van der Waals surface area contributed by atoms with Crippen LogP contribution in [-0.2, 0) is 4.79 Å². The molecule has 106 valence electrons. The minimum atomic E-state index is -0.798. The molecule has 1 N–H and O–H groups in total. The highest BCUT2D eigenvalue weighted by Crippen LogP contribution is 2.30. The third kappa shape index (κ3) is 2.66. The van der Waals surface area contributed by atoms with Crippen molar-refractivity contribution in [1.82, 2.24) is 4.98 Å². The first-order valence-electron chi connectivity index (χ1n) is 6.40. The number of methoxy groups -OCH3 is 1. The highest BCUT2D eigenvalue weighted by Gasteiger charge is 2.16. The number of carbonyl (C=O) groups is 1. The maximum absolute atomic E-state index is 11.0. The van der Waals surface area contributed by atoms with Gasteiger partial charge in [0.1, 0.15) is 11.3 Å².